The van der Waals surface area contributed by atoms with Gasteiger partial charge in [0, 0.05) is 29.9 Å². The van der Waals surface area contributed by atoms with E-state index in [0.29, 0.717) is 17.4 Å². The average Bonchev–Trinajstić information content (AvgIpc) is 2.55. The first-order chi connectivity index (χ1) is 7.80. The second kappa shape index (κ2) is 3.94. The molecule has 1 aliphatic rings. The van der Waals surface area contributed by atoms with E-state index in [4.69, 9.17) is 5.73 Å². The highest BCUT2D eigenvalue weighted by Crippen LogP contribution is 2.46. The molecule has 2 rings (SSSR count). The van der Waals surface area contributed by atoms with Gasteiger partial charge in [0.05, 0.1) is 0 Å². The summed E-state index contributed by atoms with van der Waals surface area (Å²) in [5, 5.41) is 0. The molecule has 94 valence electrons. The Morgan fingerprint density at radius 3 is 2.47 bits per heavy atom. The molecule has 0 fully saturated rings. The molecule has 1 aromatic carbocycles. The zero-order valence-corrected chi connectivity index (χ0v) is 11.6. The fourth-order valence-electron chi connectivity index (χ4n) is 2.73. The van der Waals surface area contributed by atoms with Crippen LogP contribution in [-0.4, -0.2) is 12.6 Å². The van der Waals surface area contributed by atoms with Crippen molar-refractivity contribution < 1.29 is 0 Å². The number of nitrogens with two attached hydrogens (primary N) is 1. The van der Waals surface area contributed by atoms with Gasteiger partial charge < -0.3 is 10.6 Å². The normalized spacial score (nSPS) is 19.9. The third kappa shape index (κ3) is 2.13. The van der Waals surface area contributed by atoms with Crippen molar-refractivity contribution in [3.63, 3.8) is 0 Å². The Bertz CT molecular complexity index is 415. The minimum atomic E-state index is 0.300. The van der Waals surface area contributed by atoms with Crippen LogP contribution in [0.15, 0.2) is 18.2 Å². The van der Waals surface area contributed by atoms with E-state index in [2.05, 4.69) is 51.7 Å². The number of nitrogens with zero attached hydrogens (tertiary/aromatic N) is 1. The number of hydrogen-bond donors (Lipinski definition) is 1. The molecule has 1 heterocycles. The van der Waals surface area contributed by atoms with Crippen LogP contribution in [0, 0.1) is 5.41 Å². The van der Waals surface area contributed by atoms with Crippen molar-refractivity contribution in [1.29, 1.82) is 0 Å². The molecule has 0 bridgehead atoms. The molecule has 2 heteroatoms. The van der Waals surface area contributed by atoms with Crippen LogP contribution in [0.3, 0.4) is 0 Å². The SMILES string of the molecule is CC(C)N1CC(C(C)(C)C)c2ccc(N)cc21. The molecular weight excluding hydrogens is 208 g/mol. The summed E-state index contributed by atoms with van der Waals surface area (Å²) in [6.07, 6.45) is 0. The van der Waals surface area contributed by atoms with Gasteiger partial charge in [-0.05, 0) is 37.0 Å². The number of benzene rings is 1. The van der Waals surface area contributed by atoms with Crippen LogP contribution in [0.2, 0.25) is 0 Å². The highest BCUT2D eigenvalue weighted by Gasteiger charge is 2.36. The molecule has 1 aromatic rings. The molecule has 0 aliphatic carbocycles. The fraction of sp³-hybridized carbons (Fsp3) is 0.600. The first kappa shape index (κ1) is 12.3. The molecule has 2 N–H and O–H groups in total. The Balaban J connectivity index is 2.48. The molecule has 17 heavy (non-hydrogen) atoms. The predicted molar refractivity (Wildman–Crippen MR) is 75.5 cm³/mol. The highest BCUT2D eigenvalue weighted by atomic mass is 15.2. The van der Waals surface area contributed by atoms with Crippen molar-refractivity contribution in [2.24, 2.45) is 5.41 Å². The minimum absolute atomic E-state index is 0.300. The maximum absolute atomic E-state index is 5.92. The zero-order valence-electron chi connectivity index (χ0n) is 11.6. The van der Waals surface area contributed by atoms with Crippen LogP contribution < -0.4 is 10.6 Å². The van der Waals surface area contributed by atoms with Gasteiger partial charge in [-0.25, -0.2) is 0 Å². The zero-order chi connectivity index (χ0) is 12.8. The molecule has 0 saturated carbocycles. The lowest BCUT2D eigenvalue weighted by molar-refractivity contribution is 0.330. The van der Waals surface area contributed by atoms with Gasteiger partial charge in [-0.2, -0.15) is 0 Å². The van der Waals surface area contributed by atoms with Gasteiger partial charge in [0.25, 0.3) is 0 Å². The van der Waals surface area contributed by atoms with E-state index in [1.54, 1.807) is 0 Å². The highest BCUT2D eigenvalue weighted by molar-refractivity contribution is 5.66. The third-order valence-electron chi connectivity index (χ3n) is 3.79. The topological polar surface area (TPSA) is 29.3 Å². The van der Waals surface area contributed by atoms with Crippen LogP contribution in [0.1, 0.15) is 46.1 Å². The number of anilines is 2. The standard InChI is InChI=1S/C15H24N2/c1-10(2)17-9-13(15(3,4)5)12-7-6-11(16)8-14(12)17/h6-8,10,13H,9,16H2,1-5H3. The van der Waals surface area contributed by atoms with Crippen LogP contribution >= 0.6 is 0 Å². The first-order valence-corrected chi connectivity index (χ1v) is 6.47. The maximum atomic E-state index is 5.92. The fourth-order valence-corrected chi connectivity index (χ4v) is 2.73. The van der Waals surface area contributed by atoms with E-state index in [9.17, 15) is 0 Å². The summed E-state index contributed by atoms with van der Waals surface area (Å²) < 4.78 is 0. The minimum Gasteiger partial charge on any atom is -0.399 e. The van der Waals surface area contributed by atoms with Crippen molar-refractivity contribution in [2.45, 2.75) is 46.6 Å². The predicted octanol–water partition coefficient (Wildman–Crippen LogP) is 3.63. The van der Waals surface area contributed by atoms with E-state index in [1.807, 2.05) is 6.07 Å². The van der Waals surface area contributed by atoms with Gasteiger partial charge in [-0.15, -0.1) is 0 Å². The molecule has 1 atom stereocenters. The van der Waals surface area contributed by atoms with E-state index < -0.39 is 0 Å². The van der Waals surface area contributed by atoms with E-state index in [0.717, 1.165) is 12.2 Å². The van der Waals surface area contributed by atoms with Gasteiger partial charge >= 0.3 is 0 Å². The molecule has 2 nitrogen and oxygen atoms in total. The Hall–Kier alpha value is -1.18. The quantitative estimate of drug-likeness (QED) is 0.749. The van der Waals surface area contributed by atoms with Crippen molar-refractivity contribution in [1.82, 2.24) is 0 Å². The van der Waals surface area contributed by atoms with Crippen LogP contribution in [-0.2, 0) is 0 Å². The number of fused-ring (bicyclic) bond motifs is 1. The first-order valence-electron chi connectivity index (χ1n) is 6.47. The maximum Gasteiger partial charge on any atom is 0.0425 e. The van der Waals surface area contributed by atoms with E-state index in [-0.39, 0.29) is 0 Å². The Morgan fingerprint density at radius 2 is 1.94 bits per heavy atom. The number of rotatable bonds is 1. The molecule has 1 unspecified atom stereocenters. The summed E-state index contributed by atoms with van der Waals surface area (Å²) in [6, 6.07) is 6.90. The summed E-state index contributed by atoms with van der Waals surface area (Å²) >= 11 is 0. The molecule has 0 saturated heterocycles. The van der Waals surface area contributed by atoms with Gasteiger partial charge in [-0.1, -0.05) is 26.8 Å². The lowest BCUT2D eigenvalue weighted by atomic mass is 9.78. The lowest BCUT2D eigenvalue weighted by Gasteiger charge is -2.29. The monoisotopic (exact) mass is 232 g/mol. The molecular formula is C15H24N2. The molecule has 0 amide bonds. The third-order valence-corrected chi connectivity index (χ3v) is 3.79. The second-order valence-electron chi connectivity index (χ2n) is 6.48. The summed E-state index contributed by atoms with van der Waals surface area (Å²) in [4.78, 5) is 2.47. The average molecular weight is 232 g/mol. The summed E-state index contributed by atoms with van der Waals surface area (Å²) in [7, 11) is 0. The van der Waals surface area contributed by atoms with Gasteiger partial charge in [0.1, 0.15) is 0 Å². The van der Waals surface area contributed by atoms with E-state index in [1.165, 1.54) is 11.3 Å². The molecule has 0 spiro atoms. The molecule has 0 radical (unpaired) electrons. The van der Waals surface area contributed by atoms with Gasteiger partial charge in [-0.3, -0.25) is 0 Å². The summed E-state index contributed by atoms with van der Waals surface area (Å²) in [5.41, 5.74) is 9.88. The smallest absolute Gasteiger partial charge is 0.0425 e. The summed E-state index contributed by atoms with van der Waals surface area (Å²) in [6.45, 7) is 12.6. The number of hydrogen-bond acceptors (Lipinski definition) is 2. The summed E-state index contributed by atoms with van der Waals surface area (Å²) in [5.74, 6) is 0.598. The number of nitrogen functional groups attached to an aromatic ring is 1. The van der Waals surface area contributed by atoms with Gasteiger partial charge in [0.2, 0.25) is 0 Å². The Labute approximate surface area is 105 Å². The van der Waals surface area contributed by atoms with Crippen LogP contribution in [0.4, 0.5) is 11.4 Å². The van der Waals surface area contributed by atoms with Crippen LogP contribution in [0.25, 0.3) is 0 Å². The van der Waals surface area contributed by atoms with Crippen molar-refractivity contribution in [2.75, 3.05) is 17.2 Å². The second-order valence-corrected chi connectivity index (χ2v) is 6.48. The van der Waals surface area contributed by atoms with Crippen molar-refractivity contribution >= 4 is 11.4 Å². The van der Waals surface area contributed by atoms with Crippen molar-refractivity contribution in [3.8, 4) is 0 Å². The van der Waals surface area contributed by atoms with Gasteiger partial charge in [0.15, 0.2) is 0 Å². The van der Waals surface area contributed by atoms with Crippen LogP contribution in [0.5, 0.6) is 0 Å². The lowest BCUT2D eigenvalue weighted by Crippen LogP contribution is -2.32. The Kier molecular flexibility index (Phi) is 2.84. The van der Waals surface area contributed by atoms with Crippen molar-refractivity contribution in [3.05, 3.63) is 23.8 Å². The van der Waals surface area contributed by atoms with E-state index >= 15 is 0 Å². The largest absolute Gasteiger partial charge is 0.399 e. The molecule has 1 aliphatic heterocycles. The molecule has 0 aromatic heterocycles. The Morgan fingerprint density at radius 1 is 1.29 bits per heavy atom.